The summed E-state index contributed by atoms with van der Waals surface area (Å²) in [6.07, 6.45) is 3.87. The van der Waals surface area contributed by atoms with Gasteiger partial charge >= 0.3 is 5.97 Å². The molecule has 3 aromatic rings. The number of carbonyl (C=O) groups is 2. The molecule has 0 radical (unpaired) electrons. The zero-order chi connectivity index (χ0) is 22.7. The lowest BCUT2D eigenvalue weighted by Gasteiger charge is -2.12. The third-order valence-corrected chi connectivity index (χ3v) is 6.83. The van der Waals surface area contributed by atoms with E-state index in [9.17, 15) is 9.59 Å². The number of ether oxygens (including phenoxy) is 2. The van der Waals surface area contributed by atoms with E-state index < -0.39 is 5.91 Å². The molecule has 0 spiro atoms. The summed E-state index contributed by atoms with van der Waals surface area (Å²) in [5.74, 6) is 0.684. The second-order valence-corrected chi connectivity index (χ2v) is 9.00. The lowest BCUT2D eigenvalue weighted by atomic mass is 9.95. The maximum Gasteiger partial charge on any atom is 0.341 e. The van der Waals surface area contributed by atoms with E-state index in [1.54, 1.807) is 19.1 Å². The molecule has 1 aliphatic rings. The molecule has 4 rings (SSSR count). The highest BCUT2D eigenvalue weighted by Gasteiger charge is 2.28. The zero-order valence-corrected chi connectivity index (χ0v) is 19.4. The summed E-state index contributed by atoms with van der Waals surface area (Å²) in [6.45, 7) is 6.37. The Hall–Kier alpha value is -3.06. The number of benzene rings is 1. The fraction of sp³-hybridized carbons (Fsp3) is 0.360. The van der Waals surface area contributed by atoms with Crippen LogP contribution in [0.15, 0.2) is 34.7 Å². The van der Waals surface area contributed by atoms with Crippen LogP contribution in [0.2, 0.25) is 0 Å². The number of furan rings is 1. The van der Waals surface area contributed by atoms with Gasteiger partial charge in [-0.05, 0) is 87.4 Å². The van der Waals surface area contributed by atoms with E-state index in [-0.39, 0.29) is 18.3 Å². The molecule has 1 aromatic carbocycles. The zero-order valence-electron chi connectivity index (χ0n) is 18.6. The fourth-order valence-electron chi connectivity index (χ4n) is 3.77. The van der Waals surface area contributed by atoms with Crippen molar-refractivity contribution in [1.29, 1.82) is 0 Å². The van der Waals surface area contributed by atoms with Crippen molar-refractivity contribution in [3.05, 3.63) is 69.0 Å². The molecule has 2 aromatic heterocycles. The van der Waals surface area contributed by atoms with Crippen LogP contribution in [-0.4, -0.2) is 18.5 Å². The summed E-state index contributed by atoms with van der Waals surface area (Å²) < 4.78 is 16.7. The molecule has 7 heteroatoms. The minimum absolute atomic E-state index is 0.171. The van der Waals surface area contributed by atoms with Crippen LogP contribution < -0.4 is 10.1 Å². The van der Waals surface area contributed by atoms with Crippen LogP contribution in [-0.2, 0) is 24.2 Å². The molecule has 0 saturated heterocycles. The highest BCUT2D eigenvalue weighted by Crippen LogP contribution is 2.38. The minimum Gasteiger partial charge on any atom is -0.486 e. The molecule has 1 N–H and O–H groups in total. The van der Waals surface area contributed by atoms with Crippen LogP contribution in [0.1, 0.15) is 68.0 Å². The molecule has 1 amide bonds. The lowest BCUT2D eigenvalue weighted by molar-refractivity contribution is 0.0526. The van der Waals surface area contributed by atoms with Gasteiger partial charge in [0.1, 0.15) is 23.1 Å². The van der Waals surface area contributed by atoms with Gasteiger partial charge in [0, 0.05) is 4.88 Å². The van der Waals surface area contributed by atoms with Crippen molar-refractivity contribution in [2.45, 2.75) is 53.1 Å². The molecule has 0 atom stereocenters. The number of rotatable bonds is 7. The van der Waals surface area contributed by atoms with Crippen LogP contribution in [0.25, 0.3) is 0 Å². The van der Waals surface area contributed by atoms with Gasteiger partial charge in [0.05, 0.1) is 12.2 Å². The summed E-state index contributed by atoms with van der Waals surface area (Å²) >= 11 is 1.46. The first-order valence-corrected chi connectivity index (χ1v) is 11.7. The molecule has 168 valence electrons. The van der Waals surface area contributed by atoms with Crippen LogP contribution >= 0.6 is 11.3 Å². The van der Waals surface area contributed by atoms with Crippen molar-refractivity contribution < 1.29 is 23.5 Å². The Kier molecular flexibility index (Phi) is 6.65. The second kappa shape index (κ2) is 9.61. The number of aryl methyl sites for hydroxylation is 3. The van der Waals surface area contributed by atoms with Gasteiger partial charge in [-0.2, -0.15) is 0 Å². The topological polar surface area (TPSA) is 77.8 Å². The molecule has 0 aliphatic heterocycles. The SMILES string of the molecule is CCOC(=O)c1c(NC(=O)c2ccc(COc3ccc(C)c(C)c3)o2)sc2c1CCCC2. The molecular weight excluding hydrogens is 426 g/mol. The van der Waals surface area contributed by atoms with Crippen molar-refractivity contribution in [2.75, 3.05) is 11.9 Å². The fourth-order valence-corrected chi connectivity index (χ4v) is 5.05. The average molecular weight is 454 g/mol. The summed E-state index contributed by atoms with van der Waals surface area (Å²) in [6, 6.07) is 9.23. The number of carbonyl (C=O) groups excluding carboxylic acids is 2. The Balaban J connectivity index is 1.46. The van der Waals surface area contributed by atoms with Crippen molar-refractivity contribution in [3.8, 4) is 5.75 Å². The van der Waals surface area contributed by atoms with Gasteiger partial charge in [-0.25, -0.2) is 4.79 Å². The summed E-state index contributed by atoms with van der Waals surface area (Å²) in [5.41, 5.74) is 3.85. The number of esters is 1. The first-order valence-electron chi connectivity index (χ1n) is 10.9. The van der Waals surface area contributed by atoms with Crippen LogP contribution in [0.3, 0.4) is 0 Å². The molecule has 6 nitrogen and oxygen atoms in total. The Morgan fingerprint density at radius 1 is 1.09 bits per heavy atom. The predicted molar refractivity (Wildman–Crippen MR) is 124 cm³/mol. The van der Waals surface area contributed by atoms with E-state index in [2.05, 4.69) is 5.32 Å². The second-order valence-electron chi connectivity index (χ2n) is 7.89. The number of thiophene rings is 1. The normalized spacial score (nSPS) is 12.8. The van der Waals surface area contributed by atoms with E-state index in [1.165, 1.54) is 16.9 Å². The number of fused-ring (bicyclic) bond motifs is 1. The van der Waals surface area contributed by atoms with Gasteiger partial charge in [0.15, 0.2) is 5.76 Å². The first-order chi connectivity index (χ1) is 15.5. The molecule has 0 saturated carbocycles. The monoisotopic (exact) mass is 453 g/mol. The van der Waals surface area contributed by atoms with E-state index in [4.69, 9.17) is 13.9 Å². The molecule has 2 heterocycles. The number of hydrogen-bond acceptors (Lipinski definition) is 6. The molecule has 32 heavy (non-hydrogen) atoms. The minimum atomic E-state index is -0.397. The number of hydrogen-bond donors (Lipinski definition) is 1. The van der Waals surface area contributed by atoms with Crippen molar-refractivity contribution >= 4 is 28.2 Å². The quantitative estimate of drug-likeness (QED) is 0.455. The van der Waals surface area contributed by atoms with E-state index in [0.717, 1.165) is 47.4 Å². The van der Waals surface area contributed by atoms with Crippen molar-refractivity contribution in [2.24, 2.45) is 0 Å². The lowest BCUT2D eigenvalue weighted by Crippen LogP contribution is -2.15. The van der Waals surface area contributed by atoms with Gasteiger partial charge in [0.25, 0.3) is 5.91 Å². The third kappa shape index (κ3) is 4.72. The third-order valence-electron chi connectivity index (χ3n) is 5.62. The van der Waals surface area contributed by atoms with Crippen LogP contribution in [0, 0.1) is 13.8 Å². The van der Waals surface area contributed by atoms with Crippen molar-refractivity contribution in [3.63, 3.8) is 0 Å². The summed E-state index contributed by atoms with van der Waals surface area (Å²) in [7, 11) is 0. The molecule has 0 bridgehead atoms. The van der Waals surface area contributed by atoms with Gasteiger partial charge < -0.3 is 19.2 Å². The van der Waals surface area contributed by atoms with Gasteiger partial charge in [-0.15, -0.1) is 11.3 Å². The maximum atomic E-state index is 12.8. The van der Waals surface area contributed by atoms with Crippen LogP contribution in [0.5, 0.6) is 5.75 Å². The standard InChI is InChI=1S/C25H27NO5S/c1-4-29-25(28)22-19-7-5-6-8-21(19)32-24(22)26-23(27)20-12-11-18(31-20)14-30-17-10-9-15(2)16(3)13-17/h9-13H,4-8,14H2,1-3H3,(H,26,27). The summed E-state index contributed by atoms with van der Waals surface area (Å²) in [4.78, 5) is 26.6. The van der Waals surface area contributed by atoms with Gasteiger partial charge in [0.2, 0.25) is 0 Å². The van der Waals surface area contributed by atoms with Crippen LogP contribution in [0.4, 0.5) is 5.00 Å². The number of nitrogens with one attached hydrogen (secondary N) is 1. The average Bonchev–Trinajstić information content (AvgIpc) is 3.39. The first kappa shape index (κ1) is 22.1. The van der Waals surface area contributed by atoms with E-state index >= 15 is 0 Å². The molecule has 0 unspecified atom stereocenters. The van der Waals surface area contributed by atoms with Gasteiger partial charge in [-0.1, -0.05) is 6.07 Å². The Morgan fingerprint density at radius 2 is 1.91 bits per heavy atom. The molecule has 1 aliphatic carbocycles. The van der Waals surface area contributed by atoms with E-state index in [0.29, 0.717) is 22.9 Å². The Labute approximate surface area is 191 Å². The predicted octanol–water partition coefficient (Wildman–Crippen LogP) is 5.84. The molecule has 0 fully saturated rings. The Morgan fingerprint density at radius 3 is 2.69 bits per heavy atom. The van der Waals surface area contributed by atoms with E-state index in [1.807, 2.05) is 32.0 Å². The number of amides is 1. The highest BCUT2D eigenvalue weighted by atomic mass is 32.1. The summed E-state index contributed by atoms with van der Waals surface area (Å²) in [5, 5.41) is 3.40. The largest absolute Gasteiger partial charge is 0.486 e. The Bertz CT molecular complexity index is 1140. The highest BCUT2D eigenvalue weighted by molar-refractivity contribution is 7.17. The van der Waals surface area contributed by atoms with Crippen molar-refractivity contribution in [1.82, 2.24) is 0 Å². The molecular formula is C25H27NO5S. The number of anilines is 1. The maximum absolute atomic E-state index is 12.8. The van der Waals surface area contributed by atoms with Gasteiger partial charge in [-0.3, -0.25) is 4.79 Å². The smallest absolute Gasteiger partial charge is 0.341 e.